The van der Waals surface area contributed by atoms with Crippen LogP contribution in [0.5, 0.6) is 0 Å². The van der Waals surface area contributed by atoms with Gasteiger partial charge in [0, 0.05) is 18.8 Å². The van der Waals surface area contributed by atoms with E-state index in [2.05, 4.69) is 28.5 Å². The van der Waals surface area contributed by atoms with E-state index in [9.17, 15) is 4.79 Å². The molecular weight excluding hydrogens is 284 g/mol. The Hall–Kier alpha value is -1.95. The molecule has 0 saturated heterocycles. The van der Waals surface area contributed by atoms with Crippen LogP contribution in [0, 0.1) is 5.92 Å². The fourth-order valence-electron chi connectivity index (χ4n) is 2.64. The van der Waals surface area contributed by atoms with Crippen LogP contribution < -0.4 is 10.2 Å². The quantitative estimate of drug-likeness (QED) is 0.947. The van der Waals surface area contributed by atoms with Gasteiger partial charge in [-0.2, -0.15) is 0 Å². The lowest BCUT2D eigenvalue weighted by atomic mass is 9.94. The van der Waals surface area contributed by atoms with Gasteiger partial charge in [0.05, 0.1) is 0 Å². The normalized spacial score (nSPS) is 17.4. The van der Waals surface area contributed by atoms with Gasteiger partial charge in [-0.05, 0) is 30.9 Å². The summed E-state index contributed by atoms with van der Waals surface area (Å²) in [5, 5.41) is 12.3. The van der Waals surface area contributed by atoms with Crippen molar-refractivity contribution < 1.29 is 4.79 Å². The molecule has 1 unspecified atom stereocenters. The molecule has 0 aliphatic carbocycles. The van der Waals surface area contributed by atoms with Crippen LogP contribution in [0.3, 0.4) is 0 Å². The molecule has 3 rings (SSSR count). The first-order valence-electron chi connectivity index (χ1n) is 7.16. The summed E-state index contributed by atoms with van der Waals surface area (Å²) in [6.45, 7) is 5.66. The van der Waals surface area contributed by atoms with Crippen molar-refractivity contribution in [2.45, 2.75) is 20.3 Å². The number of anilines is 2. The van der Waals surface area contributed by atoms with Crippen molar-refractivity contribution in [3.8, 4) is 0 Å². The molecule has 21 heavy (non-hydrogen) atoms. The number of nitrogens with zero attached hydrogens (tertiary/aromatic N) is 3. The summed E-state index contributed by atoms with van der Waals surface area (Å²) in [5.41, 5.74) is 2.22. The average Bonchev–Trinajstić information content (AvgIpc) is 2.94. The third-order valence-corrected chi connectivity index (χ3v) is 4.40. The Kier molecular flexibility index (Phi) is 3.88. The van der Waals surface area contributed by atoms with Crippen LogP contribution in [-0.4, -0.2) is 29.2 Å². The third-order valence-electron chi connectivity index (χ3n) is 3.53. The molecule has 0 saturated carbocycles. The summed E-state index contributed by atoms with van der Waals surface area (Å²) in [6, 6.07) is 8.09. The van der Waals surface area contributed by atoms with Gasteiger partial charge in [-0.25, -0.2) is 0 Å². The summed E-state index contributed by atoms with van der Waals surface area (Å²) < 4.78 is 0. The van der Waals surface area contributed by atoms with Gasteiger partial charge < -0.3 is 10.2 Å². The fourth-order valence-corrected chi connectivity index (χ4v) is 3.40. The summed E-state index contributed by atoms with van der Waals surface area (Å²) in [7, 11) is 0. The minimum atomic E-state index is -0.0596. The van der Waals surface area contributed by atoms with Crippen LogP contribution in [-0.2, 0) is 6.42 Å². The van der Waals surface area contributed by atoms with Gasteiger partial charge in [0.15, 0.2) is 0 Å². The second-order valence-electron chi connectivity index (χ2n) is 5.30. The highest BCUT2D eigenvalue weighted by atomic mass is 32.1. The summed E-state index contributed by atoms with van der Waals surface area (Å²) in [4.78, 5) is 14.6. The SMILES string of the molecule is CCNc1nnc(C(=O)N2CC(C)Cc3ccccc32)s1. The number of nitrogens with one attached hydrogen (secondary N) is 1. The first kappa shape index (κ1) is 14.0. The Morgan fingerprint density at radius 3 is 3.05 bits per heavy atom. The van der Waals surface area contributed by atoms with Gasteiger partial charge in [-0.15, -0.1) is 10.2 Å². The summed E-state index contributed by atoms with van der Waals surface area (Å²) in [5.74, 6) is 0.390. The lowest BCUT2D eigenvalue weighted by Gasteiger charge is -2.32. The zero-order valence-electron chi connectivity index (χ0n) is 12.2. The standard InChI is InChI=1S/C15H18N4OS/c1-3-16-15-18-17-13(21-15)14(20)19-9-10(2)8-11-6-4-5-7-12(11)19/h4-7,10H,3,8-9H2,1-2H3,(H,16,18). The summed E-state index contributed by atoms with van der Waals surface area (Å²) >= 11 is 1.31. The predicted octanol–water partition coefficient (Wildman–Crippen LogP) is 2.81. The van der Waals surface area contributed by atoms with E-state index >= 15 is 0 Å². The van der Waals surface area contributed by atoms with Gasteiger partial charge in [-0.1, -0.05) is 36.5 Å². The predicted molar refractivity (Wildman–Crippen MR) is 85.1 cm³/mol. The van der Waals surface area contributed by atoms with Crippen molar-refractivity contribution in [1.29, 1.82) is 0 Å². The van der Waals surface area contributed by atoms with Crippen LogP contribution >= 0.6 is 11.3 Å². The van der Waals surface area contributed by atoms with Crippen molar-refractivity contribution in [3.05, 3.63) is 34.8 Å². The van der Waals surface area contributed by atoms with Crippen molar-refractivity contribution >= 4 is 28.1 Å². The van der Waals surface area contributed by atoms with E-state index in [1.807, 2.05) is 30.0 Å². The number of carbonyl (C=O) groups is 1. The van der Waals surface area contributed by atoms with Crippen LogP contribution in [0.2, 0.25) is 0 Å². The van der Waals surface area contributed by atoms with E-state index in [4.69, 9.17) is 0 Å². The maximum atomic E-state index is 12.7. The smallest absolute Gasteiger partial charge is 0.289 e. The second kappa shape index (κ2) is 5.81. The number of para-hydroxylation sites is 1. The molecule has 1 aromatic heterocycles. The zero-order chi connectivity index (χ0) is 14.8. The maximum absolute atomic E-state index is 12.7. The number of fused-ring (bicyclic) bond motifs is 1. The Bertz CT molecular complexity index is 655. The Morgan fingerprint density at radius 2 is 2.24 bits per heavy atom. The molecule has 1 aliphatic rings. The first-order valence-corrected chi connectivity index (χ1v) is 7.97. The zero-order valence-corrected chi connectivity index (χ0v) is 13.0. The minimum Gasteiger partial charge on any atom is -0.360 e. The van der Waals surface area contributed by atoms with Gasteiger partial charge in [0.25, 0.3) is 5.91 Å². The second-order valence-corrected chi connectivity index (χ2v) is 6.27. The highest BCUT2D eigenvalue weighted by molar-refractivity contribution is 7.17. The number of rotatable bonds is 3. The molecule has 0 fully saturated rings. The molecule has 2 heterocycles. The molecule has 1 aliphatic heterocycles. The molecule has 0 spiro atoms. The monoisotopic (exact) mass is 302 g/mol. The lowest BCUT2D eigenvalue weighted by molar-refractivity contribution is 0.0980. The highest BCUT2D eigenvalue weighted by Crippen LogP contribution is 2.31. The molecule has 6 heteroatoms. The van der Waals surface area contributed by atoms with Gasteiger partial charge in [0.1, 0.15) is 0 Å². The number of benzene rings is 1. The molecule has 1 N–H and O–H groups in total. The van der Waals surface area contributed by atoms with Crippen molar-refractivity contribution in [1.82, 2.24) is 10.2 Å². The third kappa shape index (κ3) is 2.76. The van der Waals surface area contributed by atoms with E-state index in [1.54, 1.807) is 0 Å². The van der Waals surface area contributed by atoms with Gasteiger partial charge >= 0.3 is 0 Å². The average molecular weight is 302 g/mol. The van der Waals surface area contributed by atoms with Crippen LogP contribution in [0.4, 0.5) is 10.8 Å². The molecular formula is C15H18N4OS. The summed E-state index contributed by atoms with van der Waals surface area (Å²) in [6.07, 6.45) is 1.01. The minimum absolute atomic E-state index is 0.0596. The molecule has 2 aromatic rings. The molecule has 0 radical (unpaired) electrons. The molecule has 1 aromatic carbocycles. The highest BCUT2D eigenvalue weighted by Gasteiger charge is 2.28. The van der Waals surface area contributed by atoms with Crippen LogP contribution in [0.25, 0.3) is 0 Å². The van der Waals surface area contributed by atoms with E-state index < -0.39 is 0 Å². The van der Waals surface area contributed by atoms with Crippen molar-refractivity contribution in [3.63, 3.8) is 0 Å². The maximum Gasteiger partial charge on any atom is 0.289 e. The van der Waals surface area contributed by atoms with E-state index in [0.717, 1.165) is 25.2 Å². The van der Waals surface area contributed by atoms with Gasteiger partial charge in [-0.3, -0.25) is 4.79 Å². The molecule has 0 bridgehead atoms. The van der Waals surface area contributed by atoms with E-state index in [1.165, 1.54) is 16.9 Å². The largest absolute Gasteiger partial charge is 0.360 e. The molecule has 110 valence electrons. The Labute approximate surface area is 128 Å². The van der Waals surface area contributed by atoms with Crippen molar-refractivity contribution in [2.75, 3.05) is 23.3 Å². The number of carbonyl (C=O) groups excluding carboxylic acids is 1. The van der Waals surface area contributed by atoms with Crippen LogP contribution in [0.15, 0.2) is 24.3 Å². The van der Waals surface area contributed by atoms with Gasteiger partial charge in [0.2, 0.25) is 10.1 Å². The molecule has 5 nitrogen and oxygen atoms in total. The molecule has 1 amide bonds. The topological polar surface area (TPSA) is 58.1 Å². The van der Waals surface area contributed by atoms with Crippen molar-refractivity contribution in [2.24, 2.45) is 5.92 Å². The number of hydrogen-bond acceptors (Lipinski definition) is 5. The number of amides is 1. The molecule has 1 atom stereocenters. The van der Waals surface area contributed by atoms with Crippen LogP contribution in [0.1, 0.15) is 29.2 Å². The van der Waals surface area contributed by atoms with E-state index in [-0.39, 0.29) is 5.91 Å². The van der Waals surface area contributed by atoms with E-state index in [0.29, 0.717) is 16.1 Å². The number of aromatic nitrogens is 2. The fraction of sp³-hybridized carbons (Fsp3) is 0.400. The number of hydrogen-bond donors (Lipinski definition) is 1. The Balaban J connectivity index is 1.90. The lowest BCUT2D eigenvalue weighted by Crippen LogP contribution is -2.39. The first-order chi connectivity index (χ1) is 10.2. The Morgan fingerprint density at radius 1 is 1.43 bits per heavy atom.